The fourth-order valence-electron chi connectivity index (χ4n) is 1.94. The van der Waals surface area contributed by atoms with Gasteiger partial charge in [-0.2, -0.15) is 5.26 Å². The van der Waals surface area contributed by atoms with E-state index in [4.69, 9.17) is 9.68 Å². The van der Waals surface area contributed by atoms with E-state index in [1.807, 2.05) is 25.1 Å². The van der Waals surface area contributed by atoms with Crippen molar-refractivity contribution < 1.29 is 4.42 Å². The number of nitrogens with one attached hydrogen (secondary N) is 2. The second kappa shape index (κ2) is 5.31. The van der Waals surface area contributed by atoms with Gasteiger partial charge in [-0.15, -0.1) is 0 Å². The van der Waals surface area contributed by atoms with Crippen LogP contribution in [0.25, 0.3) is 10.9 Å². The predicted molar refractivity (Wildman–Crippen MR) is 78.4 cm³/mol. The number of nitriles is 1. The zero-order valence-electron chi connectivity index (χ0n) is 10.8. The minimum atomic E-state index is 0.640. The van der Waals surface area contributed by atoms with Gasteiger partial charge in [-0.1, -0.05) is 19.1 Å². The third-order valence-corrected chi connectivity index (χ3v) is 3.64. The molecular weight excluding hydrogens is 272 g/mol. The molecule has 0 saturated carbocycles. The Morgan fingerprint density at radius 3 is 3.15 bits per heavy atom. The minimum Gasteiger partial charge on any atom is -0.433 e. The van der Waals surface area contributed by atoms with Crippen LogP contribution in [0.15, 0.2) is 40.1 Å². The molecule has 0 aliphatic carbocycles. The number of hydrogen-bond acceptors (Lipinski definition) is 5. The summed E-state index contributed by atoms with van der Waals surface area (Å²) in [5.41, 5.74) is 2.46. The third-order valence-electron chi connectivity index (χ3n) is 2.93. The predicted octanol–water partition coefficient (Wildman–Crippen LogP) is 3.71. The normalized spacial score (nSPS) is 10.6. The summed E-state index contributed by atoms with van der Waals surface area (Å²) in [5, 5.41) is 10.7. The Bertz CT molecular complexity index is 784. The number of nitrogens with zero attached hydrogens (tertiary/aromatic N) is 2. The van der Waals surface area contributed by atoms with Crippen LogP contribution in [-0.4, -0.2) is 9.97 Å². The molecule has 1 aromatic carbocycles. The summed E-state index contributed by atoms with van der Waals surface area (Å²) >= 11 is 1.36. The molecule has 0 amide bonds. The van der Waals surface area contributed by atoms with Crippen LogP contribution in [0.4, 0.5) is 5.69 Å². The van der Waals surface area contributed by atoms with Crippen LogP contribution in [0.5, 0.6) is 0 Å². The van der Waals surface area contributed by atoms with Gasteiger partial charge in [0.15, 0.2) is 5.89 Å². The molecule has 0 aliphatic heterocycles. The van der Waals surface area contributed by atoms with E-state index < -0.39 is 0 Å². The highest BCUT2D eigenvalue weighted by Crippen LogP contribution is 2.29. The maximum atomic E-state index is 9.03. The Balaban J connectivity index is 1.84. The number of aromatic nitrogens is 2. The van der Waals surface area contributed by atoms with Gasteiger partial charge in [0.25, 0.3) is 0 Å². The molecule has 0 spiro atoms. The van der Waals surface area contributed by atoms with Crippen LogP contribution in [0.3, 0.4) is 0 Å². The monoisotopic (exact) mass is 284 g/mol. The lowest BCUT2D eigenvalue weighted by Crippen LogP contribution is -1.87. The lowest BCUT2D eigenvalue weighted by atomic mass is 10.2. The molecule has 0 aliphatic rings. The highest BCUT2D eigenvalue weighted by molar-refractivity contribution is 8.00. The average molecular weight is 284 g/mol. The minimum absolute atomic E-state index is 0.640. The number of anilines is 1. The summed E-state index contributed by atoms with van der Waals surface area (Å²) in [4.78, 5) is 7.26. The van der Waals surface area contributed by atoms with Crippen molar-refractivity contribution in [2.24, 2.45) is 0 Å². The van der Waals surface area contributed by atoms with Gasteiger partial charge in [-0.05, 0) is 6.07 Å². The van der Waals surface area contributed by atoms with Gasteiger partial charge in [-0.3, -0.25) is 0 Å². The molecule has 0 atom stereocenters. The summed E-state index contributed by atoms with van der Waals surface area (Å²) in [5.74, 6) is 0.721. The van der Waals surface area contributed by atoms with Crippen LogP contribution in [0, 0.1) is 11.3 Å². The van der Waals surface area contributed by atoms with Crippen molar-refractivity contribution in [2.75, 3.05) is 4.72 Å². The summed E-state index contributed by atoms with van der Waals surface area (Å²) < 4.78 is 8.74. The first-order valence-electron chi connectivity index (χ1n) is 6.19. The molecule has 20 heavy (non-hydrogen) atoms. The molecule has 6 heteroatoms. The fraction of sp³-hybridized carbons (Fsp3) is 0.143. The quantitative estimate of drug-likeness (QED) is 0.714. The van der Waals surface area contributed by atoms with E-state index in [-0.39, 0.29) is 0 Å². The number of oxazole rings is 1. The number of rotatable bonds is 4. The van der Waals surface area contributed by atoms with Crippen LogP contribution >= 0.6 is 11.9 Å². The summed E-state index contributed by atoms with van der Waals surface area (Å²) in [6.07, 6.45) is 4.19. The number of aryl methyl sites for hydroxylation is 1. The van der Waals surface area contributed by atoms with Crippen molar-refractivity contribution in [2.45, 2.75) is 18.4 Å². The summed E-state index contributed by atoms with van der Waals surface area (Å²) in [6, 6.07) is 7.95. The van der Waals surface area contributed by atoms with Gasteiger partial charge < -0.3 is 14.1 Å². The van der Waals surface area contributed by atoms with Crippen molar-refractivity contribution in [1.29, 1.82) is 5.26 Å². The Hall–Kier alpha value is -2.39. The van der Waals surface area contributed by atoms with Crippen LogP contribution in [-0.2, 0) is 6.42 Å². The molecule has 2 aromatic heterocycles. The number of benzene rings is 1. The third kappa shape index (κ3) is 2.24. The molecule has 0 bridgehead atoms. The van der Waals surface area contributed by atoms with E-state index >= 15 is 0 Å². The largest absolute Gasteiger partial charge is 0.433 e. The molecule has 0 unspecified atom stereocenters. The first-order chi connectivity index (χ1) is 9.81. The Morgan fingerprint density at radius 1 is 1.50 bits per heavy atom. The van der Waals surface area contributed by atoms with Gasteiger partial charge in [0, 0.05) is 30.0 Å². The van der Waals surface area contributed by atoms with E-state index in [2.05, 4.69) is 20.8 Å². The first-order valence-corrected chi connectivity index (χ1v) is 7.01. The lowest BCUT2D eigenvalue weighted by molar-refractivity contribution is 0.428. The second-order valence-corrected chi connectivity index (χ2v) is 4.98. The van der Waals surface area contributed by atoms with Crippen molar-refractivity contribution in [1.82, 2.24) is 9.97 Å². The number of para-hydroxylation sites is 1. The summed E-state index contributed by atoms with van der Waals surface area (Å²) in [6.45, 7) is 2.00. The number of H-pyrrole nitrogens is 1. The Morgan fingerprint density at radius 2 is 2.40 bits per heavy atom. The Labute approximate surface area is 120 Å². The van der Waals surface area contributed by atoms with Crippen LogP contribution in [0.1, 0.15) is 18.4 Å². The maximum Gasteiger partial charge on any atom is 0.201 e. The molecule has 3 rings (SSSR count). The standard InChI is InChI=1S/C14H12N4OS/c1-2-12-16-8-13(19-12)20-18-11-5-3-4-10-9(6-15)7-17-14(10)11/h3-5,7-8,17-18H,2H2,1H3. The smallest absolute Gasteiger partial charge is 0.201 e. The average Bonchev–Trinajstić information content (AvgIpc) is 3.11. The molecule has 100 valence electrons. The molecule has 0 saturated heterocycles. The Kier molecular flexibility index (Phi) is 3.35. The molecule has 0 radical (unpaired) electrons. The zero-order valence-corrected chi connectivity index (χ0v) is 11.6. The number of fused-ring (bicyclic) bond motifs is 1. The van der Waals surface area contributed by atoms with E-state index in [0.29, 0.717) is 10.7 Å². The molecular formula is C14H12N4OS. The van der Waals surface area contributed by atoms with Crippen LogP contribution < -0.4 is 4.72 Å². The topological polar surface area (TPSA) is 77.6 Å². The molecule has 2 N–H and O–H groups in total. The fourth-order valence-corrected chi connectivity index (χ4v) is 2.57. The van der Waals surface area contributed by atoms with E-state index in [0.717, 1.165) is 28.9 Å². The highest BCUT2D eigenvalue weighted by atomic mass is 32.2. The van der Waals surface area contributed by atoms with Gasteiger partial charge in [0.1, 0.15) is 6.07 Å². The van der Waals surface area contributed by atoms with Gasteiger partial charge >= 0.3 is 0 Å². The van der Waals surface area contributed by atoms with E-state index in [1.54, 1.807) is 12.4 Å². The lowest BCUT2D eigenvalue weighted by Gasteiger charge is -2.04. The molecule has 0 fully saturated rings. The molecule has 5 nitrogen and oxygen atoms in total. The highest BCUT2D eigenvalue weighted by Gasteiger charge is 2.08. The van der Waals surface area contributed by atoms with Crippen molar-refractivity contribution >= 4 is 28.5 Å². The second-order valence-electron chi connectivity index (χ2n) is 4.17. The van der Waals surface area contributed by atoms with Crippen molar-refractivity contribution in [3.63, 3.8) is 0 Å². The van der Waals surface area contributed by atoms with Crippen molar-refractivity contribution in [3.05, 3.63) is 42.0 Å². The van der Waals surface area contributed by atoms with Crippen LogP contribution in [0.2, 0.25) is 0 Å². The SMILES string of the molecule is CCc1ncc(SNc2cccc3c(C#N)c[nH]c23)o1. The molecule has 2 heterocycles. The van der Waals surface area contributed by atoms with Crippen molar-refractivity contribution in [3.8, 4) is 6.07 Å². The van der Waals surface area contributed by atoms with E-state index in [9.17, 15) is 0 Å². The van der Waals surface area contributed by atoms with E-state index in [1.165, 1.54) is 11.9 Å². The van der Waals surface area contributed by atoms with Gasteiger partial charge in [-0.25, -0.2) is 4.98 Å². The number of hydrogen-bond donors (Lipinski definition) is 2. The van der Waals surface area contributed by atoms with Gasteiger partial charge in [0.2, 0.25) is 5.09 Å². The maximum absolute atomic E-state index is 9.03. The zero-order chi connectivity index (χ0) is 13.9. The molecule has 3 aromatic rings. The summed E-state index contributed by atoms with van der Waals surface area (Å²) in [7, 11) is 0. The first kappa shape index (κ1) is 12.6. The van der Waals surface area contributed by atoms with Gasteiger partial charge in [0.05, 0.1) is 23.0 Å². The number of aromatic amines is 1.